The van der Waals surface area contributed by atoms with Gasteiger partial charge in [0.2, 0.25) is 0 Å². The van der Waals surface area contributed by atoms with Crippen LogP contribution in [0, 0.1) is 5.92 Å². The van der Waals surface area contributed by atoms with Crippen molar-refractivity contribution in [3.8, 4) is 0 Å². The largest absolute Gasteiger partial charge is 0.330 e. The zero-order chi connectivity index (χ0) is 9.68. The van der Waals surface area contributed by atoms with Crippen LogP contribution in [-0.4, -0.2) is 30.6 Å². The summed E-state index contributed by atoms with van der Waals surface area (Å²) in [5.74, 6) is 0.689. The van der Waals surface area contributed by atoms with Gasteiger partial charge < -0.3 is 10.6 Å². The molecule has 1 rings (SSSR count). The summed E-state index contributed by atoms with van der Waals surface area (Å²) in [6.45, 7) is 7.99. The maximum atomic E-state index is 5.60. The number of hydrogen-bond donors (Lipinski definition) is 1. The van der Waals surface area contributed by atoms with Gasteiger partial charge in [0.25, 0.3) is 0 Å². The fourth-order valence-corrected chi connectivity index (χ4v) is 1.99. The van der Waals surface area contributed by atoms with E-state index in [2.05, 4.69) is 18.7 Å². The van der Waals surface area contributed by atoms with Crippen LogP contribution in [0.1, 0.15) is 39.5 Å². The van der Waals surface area contributed by atoms with Gasteiger partial charge >= 0.3 is 0 Å². The van der Waals surface area contributed by atoms with E-state index >= 15 is 0 Å². The van der Waals surface area contributed by atoms with Crippen LogP contribution in [0.4, 0.5) is 0 Å². The molecule has 78 valence electrons. The van der Waals surface area contributed by atoms with Gasteiger partial charge in [0.15, 0.2) is 0 Å². The van der Waals surface area contributed by atoms with Gasteiger partial charge in [0.1, 0.15) is 0 Å². The number of hydrogen-bond acceptors (Lipinski definition) is 2. The van der Waals surface area contributed by atoms with Gasteiger partial charge in [-0.1, -0.05) is 13.3 Å². The molecule has 1 aliphatic heterocycles. The highest BCUT2D eigenvalue weighted by atomic mass is 15.2. The SMILES string of the molecule is CC(CN)CCN1CCCCC1C. The molecular formula is C11H24N2. The van der Waals surface area contributed by atoms with Crippen LogP contribution < -0.4 is 5.73 Å². The number of nitrogens with two attached hydrogens (primary N) is 1. The molecule has 0 bridgehead atoms. The van der Waals surface area contributed by atoms with Gasteiger partial charge in [-0.15, -0.1) is 0 Å². The topological polar surface area (TPSA) is 29.3 Å². The molecule has 2 unspecified atom stereocenters. The third-order valence-electron chi connectivity index (χ3n) is 3.25. The highest BCUT2D eigenvalue weighted by Crippen LogP contribution is 2.17. The highest BCUT2D eigenvalue weighted by molar-refractivity contribution is 4.73. The molecule has 0 amide bonds. The minimum absolute atomic E-state index is 0.689. The van der Waals surface area contributed by atoms with Gasteiger partial charge in [0.05, 0.1) is 0 Å². The Hall–Kier alpha value is -0.0800. The average molecular weight is 184 g/mol. The van der Waals surface area contributed by atoms with E-state index < -0.39 is 0 Å². The summed E-state index contributed by atoms with van der Waals surface area (Å²) in [4.78, 5) is 2.62. The number of rotatable bonds is 4. The lowest BCUT2D eigenvalue weighted by atomic mass is 10.0. The second-order valence-corrected chi connectivity index (χ2v) is 4.51. The second kappa shape index (κ2) is 5.61. The van der Waals surface area contributed by atoms with Gasteiger partial charge in [-0.05, 0) is 51.7 Å². The summed E-state index contributed by atoms with van der Waals surface area (Å²) in [6, 6.07) is 0.804. The predicted molar refractivity (Wildman–Crippen MR) is 57.7 cm³/mol. The molecule has 0 aromatic carbocycles. The monoisotopic (exact) mass is 184 g/mol. The van der Waals surface area contributed by atoms with Gasteiger partial charge in [0, 0.05) is 6.04 Å². The fourth-order valence-electron chi connectivity index (χ4n) is 1.99. The summed E-state index contributed by atoms with van der Waals surface area (Å²) in [6.07, 6.45) is 5.46. The summed E-state index contributed by atoms with van der Waals surface area (Å²) in [7, 11) is 0. The van der Waals surface area contributed by atoms with E-state index in [-0.39, 0.29) is 0 Å². The Morgan fingerprint density at radius 3 is 2.85 bits per heavy atom. The Labute approximate surface area is 82.5 Å². The van der Waals surface area contributed by atoms with Crippen molar-refractivity contribution < 1.29 is 0 Å². The van der Waals surface area contributed by atoms with Gasteiger partial charge in [-0.25, -0.2) is 0 Å². The van der Waals surface area contributed by atoms with Crippen molar-refractivity contribution in [3.05, 3.63) is 0 Å². The van der Waals surface area contributed by atoms with Gasteiger partial charge in [-0.2, -0.15) is 0 Å². The van der Waals surface area contributed by atoms with Crippen LogP contribution in [0.2, 0.25) is 0 Å². The Morgan fingerprint density at radius 2 is 2.23 bits per heavy atom. The van der Waals surface area contributed by atoms with Crippen molar-refractivity contribution in [2.24, 2.45) is 11.7 Å². The first kappa shape index (κ1) is 11.0. The minimum Gasteiger partial charge on any atom is -0.330 e. The van der Waals surface area contributed by atoms with E-state index in [1.165, 1.54) is 38.8 Å². The lowest BCUT2D eigenvalue weighted by Crippen LogP contribution is -2.38. The molecule has 0 spiro atoms. The molecule has 0 saturated carbocycles. The fraction of sp³-hybridized carbons (Fsp3) is 1.00. The van der Waals surface area contributed by atoms with Crippen molar-refractivity contribution in [2.45, 2.75) is 45.6 Å². The zero-order valence-electron chi connectivity index (χ0n) is 9.13. The van der Waals surface area contributed by atoms with Crippen LogP contribution in [0.3, 0.4) is 0 Å². The second-order valence-electron chi connectivity index (χ2n) is 4.51. The first-order chi connectivity index (χ1) is 6.24. The summed E-state index contributed by atoms with van der Waals surface area (Å²) < 4.78 is 0. The maximum Gasteiger partial charge on any atom is 0.00669 e. The third kappa shape index (κ3) is 3.65. The van der Waals surface area contributed by atoms with Crippen molar-refractivity contribution in [3.63, 3.8) is 0 Å². The molecule has 2 N–H and O–H groups in total. The van der Waals surface area contributed by atoms with Crippen molar-refractivity contribution in [1.82, 2.24) is 4.90 Å². The lowest BCUT2D eigenvalue weighted by Gasteiger charge is -2.33. The van der Waals surface area contributed by atoms with Crippen LogP contribution in [0.5, 0.6) is 0 Å². The molecule has 0 aliphatic carbocycles. The lowest BCUT2D eigenvalue weighted by molar-refractivity contribution is 0.152. The Kier molecular flexibility index (Phi) is 4.74. The van der Waals surface area contributed by atoms with E-state index in [0.717, 1.165) is 12.6 Å². The molecule has 1 aliphatic rings. The standard InChI is InChI=1S/C11H24N2/c1-10(9-12)6-8-13-7-4-3-5-11(13)2/h10-11H,3-9,12H2,1-2H3. The molecule has 0 aromatic rings. The number of nitrogens with zero attached hydrogens (tertiary/aromatic N) is 1. The highest BCUT2D eigenvalue weighted by Gasteiger charge is 2.17. The number of likely N-dealkylation sites (tertiary alicyclic amines) is 1. The summed E-state index contributed by atoms with van der Waals surface area (Å²) in [5, 5.41) is 0. The first-order valence-corrected chi connectivity index (χ1v) is 5.68. The molecule has 0 aromatic heterocycles. The Bertz CT molecular complexity index is 136. The van der Waals surface area contributed by atoms with Crippen molar-refractivity contribution >= 4 is 0 Å². The third-order valence-corrected chi connectivity index (χ3v) is 3.25. The van der Waals surface area contributed by atoms with Crippen LogP contribution in [-0.2, 0) is 0 Å². The normalized spacial score (nSPS) is 27.5. The van der Waals surface area contributed by atoms with Crippen LogP contribution in [0.25, 0.3) is 0 Å². The smallest absolute Gasteiger partial charge is 0.00669 e. The quantitative estimate of drug-likeness (QED) is 0.722. The Morgan fingerprint density at radius 1 is 1.46 bits per heavy atom. The minimum atomic E-state index is 0.689. The van der Waals surface area contributed by atoms with E-state index in [4.69, 9.17) is 5.73 Å². The molecule has 2 atom stereocenters. The number of piperidine rings is 1. The van der Waals surface area contributed by atoms with Gasteiger partial charge in [-0.3, -0.25) is 0 Å². The molecule has 2 heteroatoms. The van der Waals surface area contributed by atoms with E-state index in [1.807, 2.05) is 0 Å². The van der Waals surface area contributed by atoms with Crippen molar-refractivity contribution in [1.29, 1.82) is 0 Å². The molecule has 2 nitrogen and oxygen atoms in total. The van der Waals surface area contributed by atoms with E-state index in [1.54, 1.807) is 0 Å². The molecule has 1 saturated heterocycles. The van der Waals surface area contributed by atoms with Crippen LogP contribution in [0.15, 0.2) is 0 Å². The molecule has 1 fully saturated rings. The molecule has 1 heterocycles. The predicted octanol–water partition coefficient (Wildman–Crippen LogP) is 1.85. The van der Waals surface area contributed by atoms with E-state index in [0.29, 0.717) is 5.92 Å². The Balaban J connectivity index is 2.18. The zero-order valence-corrected chi connectivity index (χ0v) is 9.13. The summed E-state index contributed by atoms with van der Waals surface area (Å²) in [5.41, 5.74) is 5.60. The summed E-state index contributed by atoms with van der Waals surface area (Å²) >= 11 is 0. The molecular weight excluding hydrogens is 160 g/mol. The molecule has 13 heavy (non-hydrogen) atoms. The van der Waals surface area contributed by atoms with E-state index in [9.17, 15) is 0 Å². The molecule has 0 radical (unpaired) electrons. The van der Waals surface area contributed by atoms with Crippen LogP contribution >= 0.6 is 0 Å². The maximum absolute atomic E-state index is 5.60. The first-order valence-electron chi connectivity index (χ1n) is 5.68. The van der Waals surface area contributed by atoms with Crippen molar-refractivity contribution in [2.75, 3.05) is 19.6 Å². The average Bonchev–Trinajstić information content (AvgIpc) is 2.16.